The molecule has 0 unspecified atom stereocenters. The Kier molecular flexibility index (Phi) is 4.09. The Labute approximate surface area is 94.7 Å². The van der Waals surface area contributed by atoms with Crippen LogP contribution in [0.4, 0.5) is 0 Å². The third-order valence-electron chi connectivity index (χ3n) is 1.76. The quantitative estimate of drug-likeness (QED) is 0.628. The second kappa shape index (κ2) is 5.14. The second-order valence-corrected chi connectivity index (χ2v) is 4.30. The molecule has 16 heavy (non-hydrogen) atoms. The van der Waals surface area contributed by atoms with Gasteiger partial charge in [0.1, 0.15) is 0 Å². The van der Waals surface area contributed by atoms with Gasteiger partial charge in [0.05, 0.1) is 25.5 Å². The maximum Gasteiger partial charge on any atom is 0.374 e. The summed E-state index contributed by atoms with van der Waals surface area (Å²) in [6.45, 7) is 6.17. The third-order valence-corrected chi connectivity index (χ3v) is 1.76. The molecule has 1 heterocycles. The molecule has 0 aliphatic heterocycles. The molecule has 0 spiro atoms. The van der Waals surface area contributed by atoms with Gasteiger partial charge in [0.25, 0.3) is 0 Å². The predicted octanol–water partition coefficient (Wildman–Crippen LogP) is 1.89. The van der Waals surface area contributed by atoms with Crippen LogP contribution >= 0.6 is 0 Å². The summed E-state index contributed by atoms with van der Waals surface area (Å²) in [6.07, 6.45) is 1.44. The van der Waals surface area contributed by atoms with Crippen LogP contribution in [0.25, 0.3) is 0 Å². The van der Waals surface area contributed by atoms with Crippen LogP contribution in [-0.2, 0) is 16.1 Å². The second-order valence-electron chi connectivity index (χ2n) is 4.30. The molecule has 0 atom stereocenters. The van der Waals surface area contributed by atoms with Gasteiger partial charge >= 0.3 is 5.97 Å². The minimum Gasteiger partial charge on any atom is -0.463 e. The number of esters is 1. The molecule has 0 aliphatic rings. The summed E-state index contributed by atoms with van der Waals surface area (Å²) < 4.78 is 9.61. The highest BCUT2D eigenvalue weighted by Gasteiger charge is 2.16. The van der Waals surface area contributed by atoms with Gasteiger partial charge in [-0.25, -0.2) is 4.79 Å². The minimum absolute atomic E-state index is 0.201. The molecule has 0 saturated carbocycles. The number of hydrogen-bond acceptors (Lipinski definition) is 5. The van der Waals surface area contributed by atoms with Crippen LogP contribution in [0.1, 0.15) is 36.9 Å². The maximum absolute atomic E-state index is 11.3. The Hall–Kier alpha value is -1.33. The molecular weight excluding hydrogens is 210 g/mol. The molecule has 1 N–H and O–H groups in total. The number of hydroxylamine groups is 1. The maximum atomic E-state index is 11.3. The molecule has 1 aromatic rings. The van der Waals surface area contributed by atoms with Gasteiger partial charge in [-0.3, -0.25) is 4.84 Å². The van der Waals surface area contributed by atoms with Crippen molar-refractivity contribution in [2.75, 3.05) is 7.11 Å². The van der Waals surface area contributed by atoms with Crippen LogP contribution in [0.15, 0.2) is 16.7 Å². The topological polar surface area (TPSA) is 60.7 Å². The molecular formula is C11H17NO4. The van der Waals surface area contributed by atoms with Crippen molar-refractivity contribution < 1.29 is 18.8 Å². The SMILES string of the molecule is COC(=O)c1occc1CNOC(C)(C)C. The van der Waals surface area contributed by atoms with Gasteiger partial charge in [0, 0.05) is 5.56 Å². The highest BCUT2D eigenvalue weighted by atomic mass is 16.7. The van der Waals surface area contributed by atoms with E-state index in [0.29, 0.717) is 12.1 Å². The number of rotatable bonds is 4. The lowest BCUT2D eigenvalue weighted by Gasteiger charge is -2.19. The number of ether oxygens (including phenoxy) is 1. The normalized spacial score (nSPS) is 11.5. The molecule has 0 radical (unpaired) electrons. The number of hydrogen-bond donors (Lipinski definition) is 1. The smallest absolute Gasteiger partial charge is 0.374 e. The Morgan fingerprint density at radius 2 is 2.19 bits per heavy atom. The van der Waals surface area contributed by atoms with Gasteiger partial charge in [0.2, 0.25) is 5.76 Å². The van der Waals surface area contributed by atoms with Crippen LogP contribution < -0.4 is 5.48 Å². The van der Waals surface area contributed by atoms with E-state index in [9.17, 15) is 4.79 Å². The molecule has 0 aliphatic carbocycles. The lowest BCUT2D eigenvalue weighted by Crippen LogP contribution is -2.29. The summed E-state index contributed by atoms with van der Waals surface area (Å²) in [5, 5.41) is 0. The van der Waals surface area contributed by atoms with Crippen molar-refractivity contribution in [3.63, 3.8) is 0 Å². The molecule has 5 nitrogen and oxygen atoms in total. The van der Waals surface area contributed by atoms with Crippen LogP contribution in [0.5, 0.6) is 0 Å². The summed E-state index contributed by atoms with van der Waals surface area (Å²) >= 11 is 0. The number of furan rings is 1. The highest BCUT2D eigenvalue weighted by Crippen LogP contribution is 2.12. The first-order chi connectivity index (χ1) is 7.44. The number of nitrogens with one attached hydrogen (secondary N) is 1. The van der Waals surface area contributed by atoms with Crippen molar-refractivity contribution in [2.24, 2.45) is 0 Å². The standard InChI is InChI=1S/C11H17NO4/c1-11(2,3)16-12-7-8-5-6-15-9(8)10(13)14-4/h5-6,12H,7H2,1-4H3. The molecule has 0 aromatic carbocycles. The lowest BCUT2D eigenvalue weighted by molar-refractivity contribution is -0.0758. The van der Waals surface area contributed by atoms with Gasteiger partial charge in [0.15, 0.2) is 0 Å². The molecule has 1 aromatic heterocycles. The van der Waals surface area contributed by atoms with Crippen molar-refractivity contribution in [2.45, 2.75) is 32.9 Å². The van der Waals surface area contributed by atoms with Crippen molar-refractivity contribution in [1.82, 2.24) is 5.48 Å². The van der Waals surface area contributed by atoms with Gasteiger partial charge in [-0.1, -0.05) is 0 Å². The molecule has 0 fully saturated rings. The molecule has 0 amide bonds. The first-order valence-electron chi connectivity index (χ1n) is 4.99. The average Bonchev–Trinajstić information content (AvgIpc) is 2.63. The summed E-state index contributed by atoms with van der Waals surface area (Å²) in [6, 6.07) is 1.70. The summed E-state index contributed by atoms with van der Waals surface area (Å²) in [4.78, 5) is 16.6. The summed E-state index contributed by atoms with van der Waals surface area (Å²) in [5.41, 5.74) is 3.20. The zero-order valence-electron chi connectivity index (χ0n) is 9.99. The first kappa shape index (κ1) is 12.7. The Bertz CT molecular complexity index is 351. The van der Waals surface area contributed by atoms with E-state index >= 15 is 0 Å². The van der Waals surface area contributed by atoms with Gasteiger partial charge < -0.3 is 9.15 Å². The van der Waals surface area contributed by atoms with Gasteiger partial charge in [-0.2, -0.15) is 5.48 Å². The van der Waals surface area contributed by atoms with E-state index in [-0.39, 0.29) is 11.4 Å². The molecule has 5 heteroatoms. The number of carbonyl (C=O) groups excluding carboxylic acids is 1. The monoisotopic (exact) mass is 227 g/mol. The van der Waals surface area contributed by atoms with E-state index in [1.165, 1.54) is 13.4 Å². The van der Waals surface area contributed by atoms with E-state index in [1.807, 2.05) is 20.8 Å². The molecule has 0 bridgehead atoms. The van der Waals surface area contributed by atoms with Crippen LogP contribution in [0, 0.1) is 0 Å². The van der Waals surface area contributed by atoms with Gasteiger partial charge in [-0.05, 0) is 26.8 Å². The Morgan fingerprint density at radius 1 is 1.50 bits per heavy atom. The van der Waals surface area contributed by atoms with E-state index < -0.39 is 5.97 Å². The van der Waals surface area contributed by atoms with Crippen LogP contribution in [0.3, 0.4) is 0 Å². The predicted molar refractivity (Wildman–Crippen MR) is 57.7 cm³/mol. The van der Waals surface area contributed by atoms with Crippen molar-refractivity contribution in [3.8, 4) is 0 Å². The van der Waals surface area contributed by atoms with Crippen LogP contribution in [0.2, 0.25) is 0 Å². The largest absolute Gasteiger partial charge is 0.463 e. The van der Waals surface area contributed by atoms with Crippen molar-refractivity contribution in [1.29, 1.82) is 0 Å². The van der Waals surface area contributed by atoms with Crippen molar-refractivity contribution in [3.05, 3.63) is 23.7 Å². The number of carbonyl (C=O) groups is 1. The van der Waals surface area contributed by atoms with Gasteiger partial charge in [-0.15, -0.1) is 0 Å². The Morgan fingerprint density at radius 3 is 2.75 bits per heavy atom. The van der Waals surface area contributed by atoms with Crippen LogP contribution in [-0.4, -0.2) is 18.7 Å². The molecule has 1 rings (SSSR count). The fourth-order valence-electron chi connectivity index (χ4n) is 1.08. The average molecular weight is 227 g/mol. The number of methoxy groups -OCH3 is 1. The Balaban J connectivity index is 2.55. The highest BCUT2D eigenvalue weighted by molar-refractivity contribution is 5.87. The zero-order chi connectivity index (χ0) is 12.2. The fourth-order valence-corrected chi connectivity index (χ4v) is 1.08. The van der Waals surface area contributed by atoms with E-state index in [2.05, 4.69) is 10.2 Å². The third kappa shape index (κ3) is 3.67. The van der Waals surface area contributed by atoms with E-state index in [0.717, 1.165) is 0 Å². The summed E-state index contributed by atoms with van der Waals surface area (Å²) in [7, 11) is 1.31. The van der Waals surface area contributed by atoms with Crippen molar-refractivity contribution >= 4 is 5.97 Å². The first-order valence-corrected chi connectivity index (χ1v) is 4.99. The zero-order valence-corrected chi connectivity index (χ0v) is 9.99. The molecule has 90 valence electrons. The molecule has 0 saturated heterocycles. The van der Waals surface area contributed by atoms with E-state index in [4.69, 9.17) is 9.25 Å². The summed E-state index contributed by atoms with van der Waals surface area (Å²) in [5.74, 6) is -0.287. The lowest BCUT2D eigenvalue weighted by atomic mass is 10.2. The van der Waals surface area contributed by atoms with E-state index in [1.54, 1.807) is 6.07 Å². The fraction of sp³-hybridized carbons (Fsp3) is 0.545. The minimum atomic E-state index is -0.488.